The van der Waals surface area contributed by atoms with Gasteiger partial charge >= 0.3 is 0 Å². The first-order valence-corrected chi connectivity index (χ1v) is 11.2. The van der Waals surface area contributed by atoms with Crippen LogP contribution in [0.15, 0.2) is 45.8 Å². The molecule has 28 heavy (non-hydrogen) atoms. The van der Waals surface area contributed by atoms with Crippen LogP contribution in [0.25, 0.3) is 33.5 Å². The minimum Gasteiger partial charge on any atom is -0.506 e. The van der Waals surface area contributed by atoms with Crippen molar-refractivity contribution in [3.8, 4) is 17.3 Å². The molecule has 3 heterocycles. The number of para-hydroxylation sites is 1. The number of benzene rings is 2. The first kappa shape index (κ1) is 17.7. The van der Waals surface area contributed by atoms with Crippen LogP contribution in [-0.2, 0) is 10.0 Å². The fourth-order valence-corrected chi connectivity index (χ4v) is 5.98. The minimum atomic E-state index is -3.71. The second kappa shape index (κ2) is 6.33. The molecule has 4 aromatic rings. The van der Waals surface area contributed by atoms with Crippen molar-refractivity contribution in [3.63, 3.8) is 0 Å². The number of imidazole rings is 1. The first-order chi connectivity index (χ1) is 13.4. The molecule has 3 N–H and O–H groups in total. The van der Waals surface area contributed by atoms with Gasteiger partial charge in [-0.2, -0.15) is 4.31 Å². The maximum atomic E-state index is 13.5. The number of phenols is 1. The number of aromatic nitrogens is 3. The number of hydrogen-bond acceptors (Lipinski definition) is 4. The maximum Gasteiger partial charge on any atom is 0.245 e. The Morgan fingerprint density at radius 3 is 2.61 bits per heavy atom. The Hall–Kier alpha value is -2.36. The SMILES string of the molecule is O=S(=O)(c1c(-c2nc3c(O)cccc3[nH]2)[nH]c2ccc(Br)cc12)N1CCCC1. The van der Waals surface area contributed by atoms with Gasteiger partial charge in [0.05, 0.1) is 5.52 Å². The van der Waals surface area contributed by atoms with E-state index in [1.54, 1.807) is 24.3 Å². The van der Waals surface area contributed by atoms with E-state index in [1.165, 1.54) is 4.31 Å². The van der Waals surface area contributed by atoms with Gasteiger partial charge in [0, 0.05) is 28.5 Å². The number of H-pyrrole nitrogens is 2. The van der Waals surface area contributed by atoms with E-state index in [1.807, 2.05) is 12.1 Å². The van der Waals surface area contributed by atoms with E-state index in [0.717, 1.165) is 17.3 Å². The quantitative estimate of drug-likeness (QED) is 0.430. The number of nitrogens with zero attached hydrogens (tertiary/aromatic N) is 2. The van der Waals surface area contributed by atoms with Gasteiger partial charge in [0.2, 0.25) is 10.0 Å². The molecule has 0 atom stereocenters. The largest absolute Gasteiger partial charge is 0.506 e. The normalized spacial score (nSPS) is 15.8. The van der Waals surface area contributed by atoms with E-state index in [2.05, 4.69) is 30.9 Å². The van der Waals surface area contributed by atoms with Crippen LogP contribution in [0.1, 0.15) is 12.8 Å². The summed E-state index contributed by atoms with van der Waals surface area (Å²) in [7, 11) is -3.71. The van der Waals surface area contributed by atoms with Crippen LogP contribution in [0.5, 0.6) is 5.75 Å². The van der Waals surface area contributed by atoms with Gasteiger partial charge in [-0.15, -0.1) is 0 Å². The summed E-state index contributed by atoms with van der Waals surface area (Å²) in [5.74, 6) is 0.421. The molecule has 2 aromatic carbocycles. The van der Waals surface area contributed by atoms with Crippen LogP contribution in [-0.4, -0.2) is 45.9 Å². The molecule has 0 bridgehead atoms. The van der Waals surface area contributed by atoms with Gasteiger partial charge in [0.15, 0.2) is 5.82 Å². The van der Waals surface area contributed by atoms with Crippen LogP contribution >= 0.6 is 15.9 Å². The molecule has 2 aromatic heterocycles. The summed E-state index contributed by atoms with van der Waals surface area (Å²) in [5, 5.41) is 10.7. The third-order valence-corrected chi connectivity index (χ3v) is 7.58. The number of rotatable bonds is 3. The molecular weight excluding hydrogens is 444 g/mol. The van der Waals surface area contributed by atoms with Crippen LogP contribution in [0, 0.1) is 0 Å². The van der Waals surface area contributed by atoms with Gasteiger partial charge in [-0.05, 0) is 43.2 Å². The zero-order valence-corrected chi connectivity index (χ0v) is 17.1. The van der Waals surface area contributed by atoms with Crippen LogP contribution in [0.4, 0.5) is 0 Å². The smallest absolute Gasteiger partial charge is 0.245 e. The van der Waals surface area contributed by atoms with Crippen molar-refractivity contribution in [2.45, 2.75) is 17.7 Å². The lowest BCUT2D eigenvalue weighted by molar-refractivity contribution is 0.478. The molecule has 0 radical (unpaired) electrons. The zero-order valence-electron chi connectivity index (χ0n) is 14.7. The number of phenolic OH excluding ortho intramolecular Hbond substituents is 1. The molecule has 0 unspecified atom stereocenters. The Balaban J connectivity index is 1.82. The lowest BCUT2D eigenvalue weighted by Gasteiger charge is -2.16. The van der Waals surface area contributed by atoms with Gasteiger partial charge in [-0.25, -0.2) is 13.4 Å². The molecule has 7 nitrogen and oxygen atoms in total. The molecule has 0 amide bonds. The van der Waals surface area contributed by atoms with Gasteiger partial charge in [-0.3, -0.25) is 0 Å². The maximum absolute atomic E-state index is 13.5. The standard InChI is InChI=1S/C19H17BrN4O3S/c20-11-6-7-13-12(10-11)18(28(26,27)24-8-1-2-9-24)17(21-13)19-22-14-4-3-5-15(25)16(14)23-19/h3-7,10,21,25H,1-2,8-9H2,(H,22,23). The number of hydrogen-bond donors (Lipinski definition) is 3. The Bertz CT molecular complexity index is 1320. The summed E-state index contributed by atoms with van der Waals surface area (Å²) in [6, 6.07) is 10.6. The number of halogens is 1. The molecule has 1 saturated heterocycles. The van der Waals surface area contributed by atoms with Crippen LogP contribution < -0.4 is 0 Å². The van der Waals surface area contributed by atoms with E-state index >= 15 is 0 Å². The molecule has 1 fully saturated rings. The molecule has 0 saturated carbocycles. The number of aromatic amines is 2. The Kier molecular flexibility index (Phi) is 4.01. The average Bonchev–Trinajstić information content (AvgIpc) is 3.39. The first-order valence-electron chi connectivity index (χ1n) is 8.94. The van der Waals surface area contributed by atoms with Crippen molar-refractivity contribution < 1.29 is 13.5 Å². The molecule has 0 aliphatic carbocycles. The third kappa shape index (κ3) is 2.65. The van der Waals surface area contributed by atoms with E-state index in [0.29, 0.717) is 46.5 Å². The van der Waals surface area contributed by atoms with Crippen LogP contribution in [0.3, 0.4) is 0 Å². The van der Waals surface area contributed by atoms with Crippen molar-refractivity contribution in [1.29, 1.82) is 0 Å². The van der Waals surface area contributed by atoms with Gasteiger partial charge < -0.3 is 15.1 Å². The van der Waals surface area contributed by atoms with Crippen molar-refractivity contribution in [2.24, 2.45) is 0 Å². The second-order valence-electron chi connectivity index (χ2n) is 6.89. The number of aromatic hydroxyl groups is 1. The Morgan fingerprint density at radius 1 is 1.07 bits per heavy atom. The zero-order chi connectivity index (χ0) is 19.5. The lowest BCUT2D eigenvalue weighted by Crippen LogP contribution is -2.28. The highest BCUT2D eigenvalue weighted by Crippen LogP contribution is 2.38. The topological polar surface area (TPSA) is 102 Å². The van der Waals surface area contributed by atoms with Crippen molar-refractivity contribution in [3.05, 3.63) is 40.9 Å². The highest BCUT2D eigenvalue weighted by molar-refractivity contribution is 9.10. The summed E-state index contributed by atoms with van der Waals surface area (Å²) in [6.45, 7) is 1.03. The highest BCUT2D eigenvalue weighted by Gasteiger charge is 2.33. The molecular formula is C19H17BrN4O3S. The molecule has 5 rings (SSSR count). The predicted octanol–water partition coefficient (Wildman–Crippen LogP) is 3.96. The summed E-state index contributed by atoms with van der Waals surface area (Å²) >= 11 is 3.44. The molecule has 9 heteroatoms. The monoisotopic (exact) mass is 460 g/mol. The van der Waals surface area contributed by atoms with Gasteiger partial charge in [0.1, 0.15) is 21.9 Å². The van der Waals surface area contributed by atoms with Crippen molar-refractivity contribution in [1.82, 2.24) is 19.3 Å². The summed E-state index contributed by atoms with van der Waals surface area (Å²) < 4.78 is 29.3. The molecule has 0 spiro atoms. The summed E-state index contributed by atoms with van der Waals surface area (Å²) in [6.07, 6.45) is 1.72. The Labute approximate surface area is 169 Å². The molecule has 1 aliphatic rings. The number of fused-ring (bicyclic) bond motifs is 2. The minimum absolute atomic E-state index is 0.0443. The van der Waals surface area contributed by atoms with Crippen LogP contribution in [0.2, 0.25) is 0 Å². The van der Waals surface area contributed by atoms with E-state index in [4.69, 9.17) is 0 Å². The highest BCUT2D eigenvalue weighted by atomic mass is 79.9. The fraction of sp³-hybridized carbons (Fsp3) is 0.211. The van der Waals surface area contributed by atoms with Gasteiger partial charge in [0.25, 0.3) is 0 Å². The van der Waals surface area contributed by atoms with Crippen molar-refractivity contribution >= 4 is 47.9 Å². The fourth-order valence-electron chi connectivity index (χ4n) is 3.77. The van der Waals surface area contributed by atoms with E-state index in [-0.39, 0.29) is 10.6 Å². The lowest BCUT2D eigenvalue weighted by atomic mass is 10.2. The van der Waals surface area contributed by atoms with E-state index < -0.39 is 10.0 Å². The summed E-state index contributed by atoms with van der Waals surface area (Å²) in [4.78, 5) is 11.0. The number of sulfonamides is 1. The Morgan fingerprint density at radius 2 is 1.86 bits per heavy atom. The molecule has 1 aliphatic heterocycles. The number of nitrogens with one attached hydrogen (secondary N) is 2. The van der Waals surface area contributed by atoms with Gasteiger partial charge in [-0.1, -0.05) is 22.0 Å². The summed E-state index contributed by atoms with van der Waals surface area (Å²) in [5.41, 5.74) is 2.15. The molecule has 144 valence electrons. The third-order valence-electron chi connectivity index (χ3n) is 5.10. The average molecular weight is 461 g/mol. The predicted molar refractivity (Wildman–Crippen MR) is 111 cm³/mol. The second-order valence-corrected chi connectivity index (χ2v) is 9.68. The van der Waals surface area contributed by atoms with E-state index in [9.17, 15) is 13.5 Å². The van der Waals surface area contributed by atoms with Crippen molar-refractivity contribution in [2.75, 3.05) is 13.1 Å².